The van der Waals surface area contributed by atoms with Crippen molar-refractivity contribution in [2.24, 2.45) is 11.1 Å². The van der Waals surface area contributed by atoms with Crippen molar-refractivity contribution in [2.45, 2.75) is 62.5 Å². The zero-order valence-corrected chi connectivity index (χ0v) is 18.6. The van der Waals surface area contributed by atoms with E-state index in [1.165, 1.54) is 5.56 Å². The topological polar surface area (TPSA) is 73.6 Å². The summed E-state index contributed by atoms with van der Waals surface area (Å²) >= 11 is 0. The number of ether oxygens (including phenoxy) is 2. The maximum absolute atomic E-state index is 14.9. The number of amides is 1. The third-order valence-corrected chi connectivity index (χ3v) is 7.99. The van der Waals surface area contributed by atoms with Crippen LogP contribution in [0.1, 0.15) is 56.9 Å². The van der Waals surface area contributed by atoms with Crippen molar-refractivity contribution < 1.29 is 23.0 Å². The summed E-state index contributed by atoms with van der Waals surface area (Å²) in [5.74, 6) is 0.709. The minimum Gasteiger partial charge on any atom is -0.489 e. The minimum atomic E-state index is -1.34. The number of halogens is 2. The summed E-state index contributed by atoms with van der Waals surface area (Å²) in [5, 5.41) is 2.95. The second-order valence-electron chi connectivity index (χ2n) is 9.79. The Morgan fingerprint density at radius 2 is 1.69 bits per heavy atom. The van der Waals surface area contributed by atoms with Crippen LogP contribution in [0.15, 0.2) is 36.2 Å². The number of fused-ring (bicyclic) bond motifs is 3. The van der Waals surface area contributed by atoms with E-state index in [1.54, 1.807) is 0 Å². The van der Waals surface area contributed by atoms with Crippen LogP contribution in [-0.4, -0.2) is 44.5 Å². The van der Waals surface area contributed by atoms with Gasteiger partial charge in [0, 0.05) is 43.6 Å². The number of carbonyl (C=O) groups excluding carboxylic acids is 1. The Kier molecular flexibility index (Phi) is 6.86. The number of rotatable bonds is 8. The summed E-state index contributed by atoms with van der Waals surface area (Å²) < 4.78 is 38.4. The van der Waals surface area contributed by atoms with Gasteiger partial charge >= 0.3 is 0 Å². The molecule has 176 valence electrons. The van der Waals surface area contributed by atoms with Crippen molar-refractivity contribution in [1.29, 1.82) is 0 Å². The van der Waals surface area contributed by atoms with Crippen LogP contribution < -0.4 is 15.8 Å². The van der Waals surface area contributed by atoms with Crippen molar-refractivity contribution in [1.82, 2.24) is 5.32 Å². The first kappa shape index (κ1) is 23.2. The number of hydrogen-bond donors (Lipinski definition) is 2. The maximum Gasteiger partial charge on any atom is 0.226 e. The third-order valence-electron chi connectivity index (χ3n) is 7.99. The van der Waals surface area contributed by atoms with E-state index < -0.39 is 5.67 Å². The number of nitrogens with one attached hydrogen (secondary N) is 1. The highest BCUT2D eigenvalue weighted by molar-refractivity contribution is 5.83. The Hall–Kier alpha value is -1.99. The maximum atomic E-state index is 14.9. The molecule has 3 saturated carbocycles. The molecule has 3 aliphatic carbocycles. The fourth-order valence-corrected chi connectivity index (χ4v) is 5.52. The molecule has 1 aliphatic heterocycles. The highest BCUT2D eigenvalue weighted by Crippen LogP contribution is 2.58. The van der Waals surface area contributed by atoms with E-state index in [-0.39, 0.29) is 36.4 Å². The van der Waals surface area contributed by atoms with Gasteiger partial charge in [0.2, 0.25) is 5.91 Å². The molecule has 1 heterocycles. The zero-order chi connectivity index (χ0) is 22.7. The summed E-state index contributed by atoms with van der Waals surface area (Å²) in [5.41, 5.74) is 5.53. The smallest absolute Gasteiger partial charge is 0.226 e. The number of carbonyl (C=O) groups is 1. The van der Waals surface area contributed by atoms with Gasteiger partial charge in [-0.3, -0.25) is 4.79 Å². The molecular formula is C25H34F2N2O3. The average Bonchev–Trinajstić information content (AvgIpc) is 2.85. The summed E-state index contributed by atoms with van der Waals surface area (Å²) in [4.78, 5) is 13.1. The monoisotopic (exact) mass is 448 g/mol. The number of nitrogens with two attached hydrogens (primary N) is 1. The average molecular weight is 449 g/mol. The third kappa shape index (κ3) is 4.69. The van der Waals surface area contributed by atoms with Crippen LogP contribution in [0.3, 0.4) is 0 Å². The molecule has 4 aliphatic rings. The zero-order valence-electron chi connectivity index (χ0n) is 18.6. The van der Waals surface area contributed by atoms with E-state index >= 15 is 0 Å². The fourth-order valence-electron chi connectivity index (χ4n) is 5.52. The lowest BCUT2D eigenvalue weighted by atomic mass is 9.51. The van der Waals surface area contributed by atoms with Gasteiger partial charge in [-0.15, -0.1) is 0 Å². The Bertz CT molecular complexity index is 810. The molecule has 1 amide bonds. The second-order valence-corrected chi connectivity index (χ2v) is 9.79. The predicted octanol–water partition coefficient (Wildman–Crippen LogP) is 4.10. The molecule has 0 aromatic heterocycles. The first-order valence-corrected chi connectivity index (χ1v) is 11.7. The van der Waals surface area contributed by atoms with E-state index in [2.05, 4.69) is 17.4 Å². The Labute approximate surface area is 188 Å². The van der Waals surface area contributed by atoms with Gasteiger partial charge in [0.15, 0.2) is 0 Å². The van der Waals surface area contributed by atoms with Crippen LogP contribution >= 0.6 is 0 Å². The lowest BCUT2D eigenvalue weighted by Crippen LogP contribution is -2.54. The van der Waals surface area contributed by atoms with Gasteiger partial charge in [-0.1, -0.05) is 12.1 Å². The van der Waals surface area contributed by atoms with Crippen LogP contribution in [0.25, 0.3) is 0 Å². The van der Waals surface area contributed by atoms with Crippen molar-refractivity contribution >= 4 is 5.91 Å². The molecular weight excluding hydrogens is 414 g/mol. The lowest BCUT2D eigenvalue weighted by Gasteiger charge is -2.53. The summed E-state index contributed by atoms with van der Waals surface area (Å²) in [6.07, 6.45) is 6.56. The first-order valence-electron chi connectivity index (χ1n) is 11.7. The van der Waals surface area contributed by atoms with Gasteiger partial charge in [0.25, 0.3) is 0 Å². The minimum absolute atomic E-state index is 0.0229. The Morgan fingerprint density at radius 1 is 1.06 bits per heavy atom. The van der Waals surface area contributed by atoms with E-state index in [9.17, 15) is 13.6 Å². The molecule has 1 aromatic rings. The van der Waals surface area contributed by atoms with Crippen LogP contribution in [0.5, 0.6) is 5.75 Å². The molecule has 7 heteroatoms. The SMILES string of the molecule is NCC(=CF)COc1ccc(C23CCC(C(=O)NCC4(F)CCOCC4)(CC2)CC3)cc1. The molecule has 1 aromatic carbocycles. The fraction of sp³-hybridized carbons (Fsp3) is 0.640. The summed E-state index contributed by atoms with van der Waals surface area (Å²) in [6.45, 7) is 1.21. The van der Waals surface area contributed by atoms with E-state index in [4.69, 9.17) is 15.2 Å². The molecule has 1 saturated heterocycles. The Morgan fingerprint density at radius 3 is 2.25 bits per heavy atom. The molecule has 0 spiro atoms. The molecule has 4 fully saturated rings. The van der Waals surface area contributed by atoms with Gasteiger partial charge in [-0.25, -0.2) is 8.78 Å². The van der Waals surface area contributed by atoms with E-state index in [0.29, 0.717) is 43.7 Å². The van der Waals surface area contributed by atoms with Crippen molar-refractivity contribution in [3.8, 4) is 5.75 Å². The van der Waals surface area contributed by atoms with Gasteiger partial charge in [0.05, 0.1) is 12.9 Å². The van der Waals surface area contributed by atoms with Crippen molar-refractivity contribution in [3.63, 3.8) is 0 Å². The second kappa shape index (κ2) is 9.48. The largest absolute Gasteiger partial charge is 0.489 e. The predicted molar refractivity (Wildman–Crippen MR) is 119 cm³/mol. The number of alkyl halides is 1. The molecule has 5 nitrogen and oxygen atoms in total. The molecule has 0 unspecified atom stereocenters. The highest BCUT2D eigenvalue weighted by atomic mass is 19.1. The molecule has 3 N–H and O–H groups in total. The van der Waals surface area contributed by atoms with Crippen LogP contribution in [0, 0.1) is 5.41 Å². The van der Waals surface area contributed by atoms with E-state index in [0.717, 1.165) is 38.5 Å². The lowest BCUT2D eigenvalue weighted by molar-refractivity contribution is -0.139. The quantitative estimate of drug-likeness (QED) is 0.628. The van der Waals surface area contributed by atoms with Crippen LogP contribution in [0.4, 0.5) is 8.78 Å². The summed E-state index contributed by atoms with van der Waals surface area (Å²) in [7, 11) is 0. The molecule has 0 atom stereocenters. The van der Waals surface area contributed by atoms with Gasteiger partial charge in [-0.2, -0.15) is 0 Å². The molecule has 32 heavy (non-hydrogen) atoms. The summed E-state index contributed by atoms with van der Waals surface area (Å²) in [6, 6.07) is 8.03. The van der Waals surface area contributed by atoms with Crippen molar-refractivity contribution in [2.75, 3.05) is 32.9 Å². The normalized spacial score (nSPS) is 29.5. The van der Waals surface area contributed by atoms with Gasteiger partial charge in [0.1, 0.15) is 18.0 Å². The first-order chi connectivity index (χ1) is 15.4. The van der Waals surface area contributed by atoms with E-state index in [1.807, 2.05) is 12.1 Å². The van der Waals surface area contributed by atoms with Gasteiger partial charge in [-0.05, 0) is 61.6 Å². The van der Waals surface area contributed by atoms with Crippen molar-refractivity contribution in [3.05, 3.63) is 41.7 Å². The molecule has 5 rings (SSSR count). The highest BCUT2D eigenvalue weighted by Gasteiger charge is 2.53. The molecule has 2 bridgehead atoms. The number of benzene rings is 1. The Balaban J connectivity index is 1.33. The van der Waals surface area contributed by atoms with Crippen LogP contribution in [0.2, 0.25) is 0 Å². The van der Waals surface area contributed by atoms with Crippen LogP contribution in [-0.2, 0) is 14.9 Å². The number of hydrogen-bond acceptors (Lipinski definition) is 4. The standard InChI is InChI=1S/C25H34F2N2O3/c26-15-19(16-28)17-32-21-3-1-20(2-4-21)23-5-8-24(9-6-23,10-7-23)22(30)29-18-25(27)11-13-31-14-12-25/h1-4,15H,5-14,16-18,28H2,(H,29,30). The van der Waals surface area contributed by atoms with Gasteiger partial charge < -0.3 is 20.5 Å². The molecule has 0 radical (unpaired) electrons.